The lowest BCUT2D eigenvalue weighted by molar-refractivity contribution is 0.0925. The Morgan fingerprint density at radius 3 is 2.68 bits per heavy atom. The molecule has 0 bridgehead atoms. The van der Waals surface area contributed by atoms with E-state index in [1.165, 1.54) is 6.07 Å². The van der Waals surface area contributed by atoms with E-state index in [1.54, 1.807) is 19.1 Å². The van der Waals surface area contributed by atoms with Crippen LogP contribution < -0.4 is 10.1 Å². The number of hydrogen-bond donors (Lipinski definition) is 1. The van der Waals surface area contributed by atoms with E-state index in [0.717, 1.165) is 15.7 Å². The third-order valence-corrected chi connectivity index (χ3v) is 3.82. The average Bonchev–Trinajstić information content (AvgIpc) is 2.46. The molecule has 0 fully saturated rings. The maximum absolute atomic E-state index is 13.4. The Labute approximate surface area is 140 Å². The van der Waals surface area contributed by atoms with Crippen molar-refractivity contribution in [2.75, 3.05) is 6.61 Å². The smallest absolute Gasteiger partial charge is 0.252 e. The Bertz CT molecular complexity index is 679. The van der Waals surface area contributed by atoms with Gasteiger partial charge in [-0.2, -0.15) is 0 Å². The molecule has 0 heterocycles. The minimum atomic E-state index is -0.767. The van der Waals surface area contributed by atoms with Crippen molar-refractivity contribution in [3.05, 3.63) is 63.2 Å². The molecular weight excluding hydrogens is 403 g/mol. The molecule has 2 aromatic carbocycles. The van der Waals surface area contributed by atoms with Crippen molar-refractivity contribution in [3.8, 4) is 5.75 Å². The predicted octanol–water partition coefficient (Wildman–Crippen LogP) is 3.77. The summed E-state index contributed by atoms with van der Waals surface area (Å²) in [6, 6.07) is 9.97. The Balaban J connectivity index is 1.92. The number of carbonyl (C=O) groups excluding carboxylic acids is 1. The lowest BCUT2D eigenvalue weighted by Crippen LogP contribution is -2.37. The summed E-state index contributed by atoms with van der Waals surface area (Å²) in [7, 11) is 0. The Morgan fingerprint density at radius 1 is 1.27 bits per heavy atom. The van der Waals surface area contributed by atoms with E-state index in [-0.39, 0.29) is 24.3 Å². The van der Waals surface area contributed by atoms with Crippen LogP contribution in [0.4, 0.5) is 8.78 Å². The van der Waals surface area contributed by atoms with Crippen LogP contribution in [0, 0.1) is 15.2 Å². The number of rotatable bonds is 5. The van der Waals surface area contributed by atoms with Crippen molar-refractivity contribution >= 4 is 28.5 Å². The largest absolute Gasteiger partial charge is 0.488 e. The monoisotopic (exact) mass is 417 g/mol. The van der Waals surface area contributed by atoms with E-state index in [2.05, 4.69) is 27.9 Å². The summed E-state index contributed by atoms with van der Waals surface area (Å²) in [6.45, 7) is 1.83. The molecule has 0 aliphatic carbocycles. The molecule has 1 N–H and O–H groups in total. The molecule has 2 aromatic rings. The summed E-state index contributed by atoms with van der Waals surface area (Å²) >= 11 is 2.08. The summed E-state index contributed by atoms with van der Waals surface area (Å²) in [6.07, 6.45) is 0. The standard InChI is InChI=1S/C16H14F2INO2/c1-10(9-22-15-7-6-11(17)8-13(15)18)20-16(21)12-4-2-3-5-14(12)19/h2-8,10H,9H2,1H3,(H,20,21). The minimum absolute atomic E-state index is 0.0446. The van der Waals surface area contributed by atoms with E-state index in [4.69, 9.17) is 4.74 Å². The zero-order valence-corrected chi connectivity index (χ0v) is 13.9. The third kappa shape index (κ3) is 4.40. The summed E-state index contributed by atoms with van der Waals surface area (Å²) in [5.74, 6) is -1.70. The number of nitrogens with one attached hydrogen (secondary N) is 1. The van der Waals surface area contributed by atoms with E-state index < -0.39 is 11.6 Å². The van der Waals surface area contributed by atoms with Crippen molar-refractivity contribution in [1.29, 1.82) is 0 Å². The topological polar surface area (TPSA) is 38.3 Å². The van der Waals surface area contributed by atoms with Gasteiger partial charge in [-0.25, -0.2) is 8.78 Å². The van der Waals surface area contributed by atoms with Gasteiger partial charge in [0.05, 0.1) is 11.6 Å². The van der Waals surface area contributed by atoms with Crippen LogP contribution in [-0.2, 0) is 0 Å². The Morgan fingerprint density at radius 2 is 2.00 bits per heavy atom. The van der Waals surface area contributed by atoms with Gasteiger partial charge in [0.1, 0.15) is 12.4 Å². The van der Waals surface area contributed by atoms with Crippen LogP contribution in [0.15, 0.2) is 42.5 Å². The van der Waals surface area contributed by atoms with Crippen LogP contribution in [0.2, 0.25) is 0 Å². The summed E-state index contributed by atoms with van der Waals surface area (Å²) in [4.78, 5) is 12.1. The molecule has 0 aliphatic heterocycles. The average molecular weight is 417 g/mol. The molecular formula is C16H14F2INO2. The van der Waals surface area contributed by atoms with Gasteiger partial charge in [-0.15, -0.1) is 0 Å². The van der Waals surface area contributed by atoms with Crippen molar-refractivity contribution < 1.29 is 18.3 Å². The number of hydrogen-bond acceptors (Lipinski definition) is 2. The lowest BCUT2D eigenvalue weighted by Gasteiger charge is -2.16. The molecule has 22 heavy (non-hydrogen) atoms. The zero-order valence-electron chi connectivity index (χ0n) is 11.8. The van der Waals surface area contributed by atoms with Crippen LogP contribution in [0.25, 0.3) is 0 Å². The summed E-state index contributed by atoms with van der Waals surface area (Å²) in [5, 5.41) is 2.77. The minimum Gasteiger partial charge on any atom is -0.488 e. The lowest BCUT2D eigenvalue weighted by atomic mass is 10.2. The third-order valence-electron chi connectivity index (χ3n) is 2.88. The van der Waals surface area contributed by atoms with Crippen LogP contribution in [0.3, 0.4) is 0 Å². The first-order chi connectivity index (χ1) is 10.5. The van der Waals surface area contributed by atoms with Gasteiger partial charge in [0.25, 0.3) is 5.91 Å². The summed E-state index contributed by atoms with van der Waals surface area (Å²) < 4.78 is 32.3. The zero-order chi connectivity index (χ0) is 16.1. The normalized spacial score (nSPS) is 11.8. The van der Waals surface area contributed by atoms with Crippen molar-refractivity contribution in [1.82, 2.24) is 5.32 Å². The van der Waals surface area contributed by atoms with Gasteiger partial charge in [0.2, 0.25) is 0 Å². The van der Waals surface area contributed by atoms with Gasteiger partial charge < -0.3 is 10.1 Å². The second-order valence-electron chi connectivity index (χ2n) is 4.74. The second-order valence-corrected chi connectivity index (χ2v) is 5.90. The highest BCUT2D eigenvalue weighted by Gasteiger charge is 2.13. The highest BCUT2D eigenvalue weighted by molar-refractivity contribution is 14.1. The summed E-state index contributed by atoms with van der Waals surface area (Å²) in [5.41, 5.74) is 0.572. The molecule has 0 radical (unpaired) electrons. The fraction of sp³-hybridized carbons (Fsp3) is 0.188. The fourth-order valence-corrected chi connectivity index (χ4v) is 2.43. The van der Waals surface area contributed by atoms with Gasteiger partial charge >= 0.3 is 0 Å². The van der Waals surface area contributed by atoms with Gasteiger partial charge in [-0.1, -0.05) is 12.1 Å². The Hall–Kier alpha value is -1.70. The van der Waals surface area contributed by atoms with Crippen LogP contribution in [-0.4, -0.2) is 18.6 Å². The van der Waals surface area contributed by atoms with Crippen LogP contribution in [0.5, 0.6) is 5.75 Å². The van der Waals surface area contributed by atoms with E-state index in [1.807, 2.05) is 12.1 Å². The molecule has 3 nitrogen and oxygen atoms in total. The molecule has 0 aromatic heterocycles. The maximum atomic E-state index is 13.4. The first-order valence-corrected chi connectivity index (χ1v) is 7.68. The fourth-order valence-electron chi connectivity index (χ4n) is 1.80. The maximum Gasteiger partial charge on any atom is 0.252 e. The molecule has 0 aliphatic rings. The number of ether oxygens (including phenoxy) is 1. The molecule has 116 valence electrons. The van der Waals surface area contributed by atoms with Crippen LogP contribution in [0.1, 0.15) is 17.3 Å². The van der Waals surface area contributed by atoms with Gasteiger partial charge in [-0.05, 0) is 53.8 Å². The number of amides is 1. The van der Waals surface area contributed by atoms with Gasteiger partial charge in [0, 0.05) is 9.64 Å². The molecule has 0 spiro atoms. The first kappa shape index (κ1) is 16.7. The molecule has 1 unspecified atom stereocenters. The van der Waals surface area contributed by atoms with Gasteiger partial charge in [0.15, 0.2) is 11.6 Å². The molecule has 2 rings (SSSR count). The molecule has 0 saturated carbocycles. The van der Waals surface area contributed by atoms with E-state index >= 15 is 0 Å². The van der Waals surface area contributed by atoms with Crippen molar-refractivity contribution in [3.63, 3.8) is 0 Å². The molecule has 6 heteroatoms. The van der Waals surface area contributed by atoms with Crippen molar-refractivity contribution in [2.45, 2.75) is 13.0 Å². The molecule has 0 saturated heterocycles. The number of halogens is 3. The molecule has 1 amide bonds. The second kappa shape index (κ2) is 7.53. The van der Waals surface area contributed by atoms with Gasteiger partial charge in [-0.3, -0.25) is 4.79 Å². The SMILES string of the molecule is CC(COc1ccc(F)cc1F)NC(=O)c1ccccc1I. The first-order valence-electron chi connectivity index (χ1n) is 6.60. The predicted molar refractivity (Wildman–Crippen MR) is 87.9 cm³/mol. The van der Waals surface area contributed by atoms with E-state index in [0.29, 0.717) is 5.56 Å². The number of carbonyl (C=O) groups is 1. The quantitative estimate of drug-likeness (QED) is 0.753. The number of benzene rings is 2. The van der Waals surface area contributed by atoms with E-state index in [9.17, 15) is 13.6 Å². The van der Waals surface area contributed by atoms with Crippen LogP contribution >= 0.6 is 22.6 Å². The highest BCUT2D eigenvalue weighted by atomic mass is 127. The Kier molecular flexibility index (Phi) is 5.70. The highest BCUT2D eigenvalue weighted by Crippen LogP contribution is 2.17. The van der Waals surface area contributed by atoms with Crippen molar-refractivity contribution in [2.24, 2.45) is 0 Å². The molecule has 1 atom stereocenters.